The number of nitrogens with zero attached hydrogens (tertiary/aromatic N) is 1. The van der Waals surface area contributed by atoms with Crippen molar-refractivity contribution < 1.29 is 14.6 Å². The highest BCUT2D eigenvalue weighted by Crippen LogP contribution is 2.05. The number of hydrogen-bond donors (Lipinski definition) is 2. The maximum atomic E-state index is 11.2. The Hall–Kier alpha value is -0.650. The highest BCUT2D eigenvalue weighted by molar-refractivity contribution is 5.78. The lowest BCUT2D eigenvalue weighted by Crippen LogP contribution is -2.49. The van der Waals surface area contributed by atoms with E-state index in [1.54, 1.807) is 4.90 Å². The number of amides is 1. The highest BCUT2D eigenvalue weighted by atomic mass is 16.5. The first-order valence-electron chi connectivity index (χ1n) is 4.48. The second-order valence-electron chi connectivity index (χ2n) is 3.09. The van der Waals surface area contributed by atoms with Crippen molar-refractivity contribution >= 4 is 5.91 Å². The molecule has 3 N–H and O–H groups in total. The van der Waals surface area contributed by atoms with Crippen LogP contribution in [0, 0.1) is 0 Å². The van der Waals surface area contributed by atoms with Gasteiger partial charge in [0, 0.05) is 26.2 Å². The van der Waals surface area contributed by atoms with Crippen molar-refractivity contribution in [2.45, 2.75) is 12.5 Å². The number of rotatable bonds is 4. The molecule has 0 aromatic carbocycles. The maximum absolute atomic E-state index is 11.2. The Labute approximate surface area is 77.5 Å². The van der Waals surface area contributed by atoms with Gasteiger partial charge in [-0.25, -0.2) is 0 Å². The van der Waals surface area contributed by atoms with Gasteiger partial charge in [-0.05, 0) is 6.42 Å². The van der Waals surface area contributed by atoms with Gasteiger partial charge >= 0.3 is 0 Å². The van der Waals surface area contributed by atoms with Gasteiger partial charge < -0.3 is 20.5 Å². The fraction of sp³-hybridized carbons (Fsp3) is 0.875. The second kappa shape index (κ2) is 5.16. The van der Waals surface area contributed by atoms with Gasteiger partial charge in [0.2, 0.25) is 5.91 Å². The summed E-state index contributed by atoms with van der Waals surface area (Å²) in [5.41, 5.74) is 5.43. The zero-order chi connectivity index (χ0) is 9.68. The summed E-state index contributed by atoms with van der Waals surface area (Å²) in [5, 5.41) is 8.61. The normalized spacial score (nSPS) is 23.7. The van der Waals surface area contributed by atoms with E-state index in [1.165, 1.54) is 0 Å². The van der Waals surface area contributed by atoms with Crippen LogP contribution in [0.4, 0.5) is 0 Å². The number of aliphatic hydroxyl groups is 1. The van der Waals surface area contributed by atoms with Gasteiger partial charge in [-0.15, -0.1) is 0 Å². The minimum Gasteiger partial charge on any atom is -0.396 e. The molecule has 0 aromatic heterocycles. The molecule has 76 valence electrons. The molecule has 5 nitrogen and oxygen atoms in total. The lowest BCUT2D eigenvalue weighted by atomic mass is 10.2. The SMILES string of the molecule is NCC1CN(CCCO)C(=O)CO1. The molecule has 0 radical (unpaired) electrons. The van der Waals surface area contributed by atoms with Gasteiger partial charge in [0.1, 0.15) is 6.61 Å². The van der Waals surface area contributed by atoms with Crippen molar-refractivity contribution in [3.63, 3.8) is 0 Å². The Bertz CT molecular complexity index is 175. The average molecular weight is 188 g/mol. The Morgan fingerprint density at radius 2 is 2.46 bits per heavy atom. The molecular formula is C8H16N2O3. The summed E-state index contributed by atoms with van der Waals surface area (Å²) in [6.45, 7) is 1.80. The second-order valence-corrected chi connectivity index (χ2v) is 3.09. The largest absolute Gasteiger partial charge is 0.396 e. The third-order valence-corrected chi connectivity index (χ3v) is 2.07. The molecule has 1 atom stereocenters. The van der Waals surface area contributed by atoms with E-state index in [2.05, 4.69) is 0 Å². The van der Waals surface area contributed by atoms with E-state index in [0.29, 0.717) is 26.1 Å². The van der Waals surface area contributed by atoms with E-state index in [4.69, 9.17) is 15.6 Å². The molecule has 0 aromatic rings. The Balaban J connectivity index is 2.36. The summed E-state index contributed by atoms with van der Waals surface area (Å²) in [5.74, 6) is -0.0156. The number of aliphatic hydroxyl groups excluding tert-OH is 1. The maximum Gasteiger partial charge on any atom is 0.248 e. The smallest absolute Gasteiger partial charge is 0.248 e. The molecule has 0 spiro atoms. The summed E-state index contributed by atoms with van der Waals surface area (Å²) < 4.78 is 5.17. The third kappa shape index (κ3) is 2.95. The van der Waals surface area contributed by atoms with Crippen molar-refractivity contribution in [1.29, 1.82) is 0 Å². The monoisotopic (exact) mass is 188 g/mol. The number of hydrogen-bond acceptors (Lipinski definition) is 4. The number of morpholine rings is 1. The van der Waals surface area contributed by atoms with Crippen LogP contribution < -0.4 is 5.73 Å². The molecule has 1 amide bonds. The zero-order valence-electron chi connectivity index (χ0n) is 7.61. The minimum atomic E-state index is -0.0450. The predicted octanol–water partition coefficient (Wildman–Crippen LogP) is -1.45. The molecule has 1 heterocycles. The number of nitrogens with two attached hydrogens (primary N) is 1. The number of carbonyl (C=O) groups excluding carboxylic acids is 1. The summed E-state index contributed by atoms with van der Waals surface area (Å²) >= 11 is 0. The standard InChI is InChI=1S/C8H16N2O3/c9-4-7-5-10(2-1-3-11)8(12)6-13-7/h7,11H,1-6,9H2. The van der Waals surface area contributed by atoms with Gasteiger partial charge in [0.15, 0.2) is 0 Å². The van der Waals surface area contributed by atoms with Crippen LogP contribution in [0.1, 0.15) is 6.42 Å². The van der Waals surface area contributed by atoms with Gasteiger partial charge in [0.25, 0.3) is 0 Å². The van der Waals surface area contributed by atoms with Crippen molar-refractivity contribution in [3.8, 4) is 0 Å². The molecule has 1 aliphatic rings. The van der Waals surface area contributed by atoms with Crippen molar-refractivity contribution in [3.05, 3.63) is 0 Å². The van der Waals surface area contributed by atoms with Crippen LogP contribution in [-0.2, 0) is 9.53 Å². The number of ether oxygens (including phenoxy) is 1. The number of carbonyl (C=O) groups is 1. The molecule has 0 aliphatic carbocycles. The first-order valence-corrected chi connectivity index (χ1v) is 4.48. The molecule has 13 heavy (non-hydrogen) atoms. The third-order valence-electron chi connectivity index (χ3n) is 2.07. The lowest BCUT2D eigenvalue weighted by molar-refractivity contribution is -0.148. The molecular weight excluding hydrogens is 172 g/mol. The molecule has 0 saturated carbocycles. The van der Waals surface area contributed by atoms with Crippen LogP contribution in [0.15, 0.2) is 0 Å². The molecule has 1 rings (SSSR count). The fourth-order valence-electron chi connectivity index (χ4n) is 1.30. The van der Waals surface area contributed by atoms with Gasteiger partial charge in [-0.3, -0.25) is 4.79 Å². The molecule has 1 fully saturated rings. The van der Waals surface area contributed by atoms with Crippen molar-refractivity contribution in [2.75, 3.05) is 32.8 Å². The van der Waals surface area contributed by atoms with Gasteiger partial charge in [-0.1, -0.05) is 0 Å². The first kappa shape index (κ1) is 10.4. The molecule has 5 heteroatoms. The summed E-state index contributed by atoms with van der Waals surface area (Å²) in [6.07, 6.45) is 0.569. The van der Waals surface area contributed by atoms with Crippen LogP contribution in [-0.4, -0.2) is 54.9 Å². The summed E-state index contributed by atoms with van der Waals surface area (Å²) in [6, 6.07) is 0. The Morgan fingerprint density at radius 3 is 3.08 bits per heavy atom. The lowest BCUT2D eigenvalue weighted by Gasteiger charge is -2.31. The van der Waals surface area contributed by atoms with E-state index in [-0.39, 0.29) is 25.2 Å². The molecule has 0 bridgehead atoms. The predicted molar refractivity (Wildman–Crippen MR) is 47.1 cm³/mol. The average Bonchev–Trinajstić information content (AvgIpc) is 2.17. The topological polar surface area (TPSA) is 75.8 Å². The van der Waals surface area contributed by atoms with E-state index in [0.717, 1.165) is 0 Å². The van der Waals surface area contributed by atoms with Crippen LogP contribution in [0.25, 0.3) is 0 Å². The van der Waals surface area contributed by atoms with Crippen molar-refractivity contribution in [2.24, 2.45) is 5.73 Å². The van der Waals surface area contributed by atoms with E-state index < -0.39 is 0 Å². The molecule has 1 aliphatic heterocycles. The van der Waals surface area contributed by atoms with Crippen LogP contribution in [0.3, 0.4) is 0 Å². The van der Waals surface area contributed by atoms with Gasteiger partial charge in [-0.2, -0.15) is 0 Å². The summed E-state index contributed by atoms with van der Waals surface area (Å²) in [4.78, 5) is 12.9. The Morgan fingerprint density at radius 1 is 1.69 bits per heavy atom. The summed E-state index contributed by atoms with van der Waals surface area (Å²) in [7, 11) is 0. The van der Waals surface area contributed by atoms with Crippen LogP contribution in [0.5, 0.6) is 0 Å². The zero-order valence-corrected chi connectivity index (χ0v) is 7.61. The quantitative estimate of drug-likeness (QED) is 0.566. The van der Waals surface area contributed by atoms with Crippen molar-refractivity contribution in [1.82, 2.24) is 4.90 Å². The molecule has 1 unspecified atom stereocenters. The van der Waals surface area contributed by atoms with E-state index >= 15 is 0 Å². The minimum absolute atomic E-state index is 0.0156. The molecule has 1 saturated heterocycles. The van der Waals surface area contributed by atoms with Gasteiger partial charge in [0.05, 0.1) is 6.10 Å². The fourth-order valence-corrected chi connectivity index (χ4v) is 1.30. The van der Waals surface area contributed by atoms with E-state index in [9.17, 15) is 4.79 Å². The van der Waals surface area contributed by atoms with Crippen LogP contribution >= 0.6 is 0 Å². The van der Waals surface area contributed by atoms with Crippen LogP contribution in [0.2, 0.25) is 0 Å². The highest BCUT2D eigenvalue weighted by Gasteiger charge is 2.24. The Kier molecular flexibility index (Phi) is 4.14. The first-order chi connectivity index (χ1) is 6.27. The van der Waals surface area contributed by atoms with E-state index in [1.807, 2.05) is 0 Å².